The maximum atomic E-state index is 14.6. The van der Waals surface area contributed by atoms with Gasteiger partial charge >= 0.3 is 0 Å². The van der Waals surface area contributed by atoms with E-state index < -0.39 is 17.0 Å². The molecule has 0 heterocycles. The largest absolute Gasteiger partial charge is 0.507 e. The fourth-order valence-corrected chi connectivity index (χ4v) is 3.56. The Morgan fingerprint density at radius 1 is 1.00 bits per heavy atom. The first-order chi connectivity index (χ1) is 12.6. The van der Waals surface area contributed by atoms with Gasteiger partial charge in [0.2, 0.25) is 0 Å². The number of phenols is 2. The minimum absolute atomic E-state index is 0.0255. The number of aromatic hydroxyl groups is 2. The van der Waals surface area contributed by atoms with Crippen LogP contribution in [0.2, 0.25) is 0 Å². The van der Waals surface area contributed by atoms with Gasteiger partial charge in [0, 0.05) is 28.0 Å². The summed E-state index contributed by atoms with van der Waals surface area (Å²) in [5.74, 6) is -1.95. The number of halogens is 2. The Morgan fingerprint density at radius 3 is 1.96 bits per heavy atom. The molecule has 4 nitrogen and oxygen atoms in total. The number of rotatable bonds is 6. The van der Waals surface area contributed by atoms with Gasteiger partial charge in [-0.3, -0.25) is 0 Å². The third-order valence-electron chi connectivity index (χ3n) is 4.92. The molecule has 4 N–H and O–H groups in total. The van der Waals surface area contributed by atoms with Gasteiger partial charge in [0.05, 0.1) is 0 Å². The quantitative estimate of drug-likeness (QED) is 0.446. The maximum absolute atomic E-state index is 14.6. The van der Waals surface area contributed by atoms with Crippen molar-refractivity contribution in [3.63, 3.8) is 0 Å². The van der Waals surface area contributed by atoms with Gasteiger partial charge in [0.15, 0.2) is 0 Å². The molecule has 0 bridgehead atoms. The molecule has 0 radical (unpaired) electrons. The first kappa shape index (κ1) is 21.2. The van der Waals surface area contributed by atoms with E-state index in [0.717, 1.165) is 0 Å². The second-order valence-corrected chi connectivity index (χ2v) is 7.52. The number of nitrogens with two attached hydrogens (primary N) is 1. The molecule has 0 aliphatic carbocycles. The van der Waals surface area contributed by atoms with Crippen LogP contribution in [0.1, 0.15) is 27.8 Å². The summed E-state index contributed by atoms with van der Waals surface area (Å²) in [6, 6.07) is 2.87. The van der Waals surface area contributed by atoms with Crippen LogP contribution in [0.15, 0.2) is 17.0 Å². The number of hydrogen-bond donors (Lipinski definition) is 4. The van der Waals surface area contributed by atoms with E-state index in [-0.39, 0.29) is 46.9 Å². The topological polar surface area (TPSA) is 83.6 Å². The predicted octanol–water partition coefficient (Wildman–Crippen LogP) is 3.52. The summed E-state index contributed by atoms with van der Waals surface area (Å²) in [7, 11) is 0. The van der Waals surface area contributed by atoms with Crippen LogP contribution in [0.5, 0.6) is 11.5 Å². The predicted molar refractivity (Wildman–Crippen MR) is 103 cm³/mol. The number of hydrogen-bond acceptors (Lipinski definition) is 5. The van der Waals surface area contributed by atoms with Gasteiger partial charge in [0.25, 0.3) is 0 Å². The number of carbonyl (C=O) groups is 1. The van der Waals surface area contributed by atoms with E-state index in [1.807, 2.05) is 0 Å². The Morgan fingerprint density at radius 2 is 1.48 bits per heavy atom. The zero-order valence-electron chi connectivity index (χ0n) is 15.4. The first-order valence-electron chi connectivity index (χ1n) is 8.40. The fourth-order valence-electron chi connectivity index (χ4n) is 3.23. The van der Waals surface area contributed by atoms with Crippen LogP contribution in [-0.2, 0) is 17.6 Å². The zero-order valence-corrected chi connectivity index (χ0v) is 16.3. The SMILES string of the molecule is Cc1cc(C)c(F)c(CC(C=O)(CN)Cc2c(O)c(C)cc(S)c2F)c1O. The van der Waals surface area contributed by atoms with Gasteiger partial charge in [-0.15, -0.1) is 12.6 Å². The Labute approximate surface area is 162 Å². The molecule has 0 aromatic heterocycles. The van der Waals surface area contributed by atoms with E-state index in [2.05, 4.69) is 12.6 Å². The lowest BCUT2D eigenvalue weighted by molar-refractivity contribution is -0.115. The average Bonchev–Trinajstić information content (AvgIpc) is 2.64. The smallest absolute Gasteiger partial charge is 0.143 e. The molecule has 0 aliphatic rings. The van der Waals surface area contributed by atoms with E-state index in [1.165, 1.54) is 12.1 Å². The van der Waals surface area contributed by atoms with Crippen molar-refractivity contribution in [1.82, 2.24) is 0 Å². The molecule has 0 fully saturated rings. The van der Waals surface area contributed by atoms with Gasteiger partial charge in [-0.05, 0) is 62.4 Å². The monoisotopic (exact) mass is 395 g/mol. The zero-order chi connectivity index (χ0) is 20.5. The van der Waals surface area contributed by atoms with Crippen LogP contribution < -0.4 is 5.73 Å². The van der Waals surface area contributed by atoms with E-state index in [1.54, 1.807) is 20.8 Å². The standard InChI is InChI=1S/C20H23F2NO3S/c1-10-4-11(2)18(25)13(16(10)21)6-20(8-23,9-24)7-14-17(22)15(27)5-12(3)19(14)26/h4-5,9,25-27H,6-8,23H2,1-3H3. The van der Waals surface area contributed by atoms with Gasteiger partial charge in [-0.2, -0.15) is 0 Å². The summed E-state index contributed by atoms with van der Waals surface area (Å²) < 4.78 is 29.2. The Hall–Kier alpha value is -2.12. The van der Waals surface area contributed by atoms with Crippen molar-refractivity contribution in [3.05, 3.63) is 51.6 Å². The molecule has 7 heteroatoms. The molecule has 0 saturated heterocycles. The van der Waals surface area contributed by atoms with Gasteiger partial charge < -0.3 is 20.7 Å². The third-order valence-corrected chi connectivity index (χ3v) is 5.25. The lowest BCUT2D eigenvalue weighted by atomic mass is 9.76. The highest BCUT2D eigenvalue weighted by Gasteiger charge is 2.34. The highest BCUT2D eigenvalue weighted by molar-refractivity contribution is 7.80. The molecule has 1 atom stereocenters. The summed E-state index contributed by atoms with van der Waals surface area (Å²) in [5.41, 5.74) is 5.41. The second kappa shape index (κ2) is 7.86. The molecule has 0 amide bonds. The number of aldehydes is 1. The van der Waals surface area contributed by atoms with Crippen molar-refractivity contribution in [2.75, 3.05) is 6.54 Å². The van der Waals surface area contributed by atoms with E-state index >= 15 is 0 Å². The maximum Gasteiger partial charge on any atom is 0.143 e. The van der Waals surface area contributed by atoms with E-state index in [0.29, 0.717) is 23.0 Å². The number of phenolic OH excluding ortho intramolecular Hbond substituents is 2. The molecule has 0 saturated carbocycles. The van der Waals surface area contributed by atoms with Gasteiger partial charge in [-0.25, -0.2) is 8.78 Å². The van der Waals surface area contributed by atoms with E-state index in [4.69, 9.17) is 5.73 Å². The fraction of sp³-hybridized carbons (Fsp3) is 0.350. The molecule has 27 heavy (non-hydrogen) atoms. The minimum Gasteiger partial charge on any atom is -0.507 e. The van der Waals surface area contributed by atoms with Crippen molar-refractivity contribution < 1.29 is 23.8 Å². The lowest BCUT2D eigenvalue weighted by Gasteiger charge is -2.28. The van der Waals surface area contributed by atoms with Crippen molar-refractivity contribution in [2.24, 2.45) is 11.1 Å². The van der Waals surface area contributed by atoms with Crippen LogP contribution >= 0.6 is 12.6 Å². The van der Waals surface area contributed by atoms with Crippen LogP contribution in [0, 0.1) is 37.8 Å². The summed E-state index contributed by atoms with van der Waals surface area (Å²) in [5, 5.41) is 20.6. The van der Waals surface area contributed by atoms with Gasteiger partial charge in [-0.1, -0.05) is 0 Å². The highest BCUT2D eigenvalue weighted by atomic mass is 32.1. The molecule has 2 rings (SSSR count). The Bertz CT molecular complexity index is 782. The number of aryl methyl sites for hydroxylation is 3. The number of carbonyl (C=O) groups excluding carboxylic acids is 1. The molecule has 1 unspecified atom stereocenters. The van der Waals surface area contributed by atoms with Crippen molar-refractivity contribution in [2.45, 2.75) is 38.5 Å². The lowest BCUT2D eigenvalue weighted by Crippen LogP contribution is -2.37. The molecular weight excluding hydrogens is 372 g/mol. The summed E-state index contributed by atoms with van der Waals surface area (Å²) in [6.45, 7) is 4.53. The number of thiol groups is 1. The molecule has 2 aromatic carbocycles. The summed E-state index contributed by atoms with van der Waals surface area (Å²) in [6.07, 6.45) is 0.0383. The van der Waals surface area contributed by atoms with Crippen molar-refractivity contribution in [1.29, 1.82) is 0 Å². The minimum atomic E-state index is -1.41. The van der Waals surface area contributed by atoms with Crippen LogP contribution in [0.3, 0.4) is 0 Å². The Balaban J connectivity index is 2.58. The van der Waals surface area contributed by atoms with Crippen LogP contribution in [-0.4, -0.2) is 23.0 Å². The summed E-state index contributed by atoms with van der Waals surface area (Å²) in [4.78, 5) is 12.0. The Kier molecular flexibility index (Phi) is 6.17. The summed E-state index contributed by atoms with van der Waals surface area (Å²) >= 11 is 4.05. The van der Waals surface area contributed by atoms with Gasteiger partial charge in [0.1, 0.15) is 29.4 Å². The van der Waals surface area contributed by atoms with Crippen molar-refractivity contribution >= 4 is 18.9 Å². The van der Waals surface area contributed by atoms with Crippen LogP contribution in [0.25, 0.3) is 0 Å². The molecular formula is C20H23F2NO3S. The third kappa shape index (κ3) is 3.94. The molecule has 0 spiro atoms. The molecule has 2 aromatic rings. The van der Waals surface area contributed by atoms with Crippen molar-refractivity contribution in [3.8, 4) is 11.5 Å². The average molecular weight is 395 g/mol. The number of benzene rings is 2. The first-order valence-corrected chi connectivity index (χ1v) is 8.85. The second-order valence-electron chi connectivity index (χ2n) is 7.04. The normalized spacial score (nSPS) is 13.4. The highest BCUT2D eigenvalue weighted by Crippen LogP contribution is 2.38. The van der Waals surface area contributed by atoms with E-state index in [9.17, 15) is 23.8 Å². The molecule has 146 valence electrons. The molecule has 0 aliphatic heterocycles. The van der Waals surface area contributed by atoms with Crippen LogP contribution in [0.4, 0.5) is 8.78 Å².